The maximum absolute atomic E-state index is 13.6. The normalized spacial score (nSPS) is 11.1. The van der Waals surface area contributed by atoms with Crippen LogP contribution in [0.4, 0.5) is 8.78 Å². The van der Waals surface area contributed by atoms with Gasteiger partial charge in [-0.15, -0.1) is 11.3 Å². The summed E-state index contributed by atoms with van der Waals surface area (Å²) in [5.41, 5.74) is 0.366. The van der Waals surface area contributed by atoms with Gasteiger partial charge in [0.1, 0.15) is 22.4 Å². The molecular formula is C12H6F2N2OS2. The minimum atomic E-state index is -0.668. The molecule has 0 radical (unpaired) electrons. The monoisotopic (exact) mass is 296 g/mol. The average molecular weight is 296 g/mol. The highest BCUT2D eigenvalue weighted by Gasteiger charge is 2.15. The molecule has 3 aromatic rings. The predicted octanol–water partition coefficient (Wildman–Crippen LogP) is 3.64. The summed E-state index contributed by atoms with van der Waals surface area (Å²) in [6, 6.07) is 3.31. The van der Waals surface area contributed by atoms with Crippen molar-refractivity contribution in [3.05, 3.63) is 47.1 Å². The Balaban J connectivity index is 2.05. The van der Waals surface area contributed by atoms with Crippen molar-refractivity contribution in [2.45, 2.75) is 9.92 Å². The minimum Gasteiger partial charge on any atom is -0.296 e. The quantitative estimate of drug-likeness (QED) is 0.692. The van der Waals surface area contributed by atoms with E-state index in [1.54, 1.807) is 10.6 Å². The number of halogens is 2. The molecule has 0 N–H and O–H groups in total. The van der Waals surface area contributed by atoms with Crippen LogP contribution in [0.1, 0.15) is 10.5 Å². The highest BCUT2D eigenvalue weighted by atomic mass is 32.2. The maximum atomic E-state index is 13.6. The zero-order valence-corrected chi connectivity index (χ0v) is 11.0. The third kappa shape index (κ3) is 2.15. The third-order valence-electron chi connectivity index (χ3n) is 2.48. The number of carbonyl (C=O) groups excluding carboxylic acids is 1. The first-order chi connectivity index (χ1) is 9.19. The molecule has 0 fully saturated rings. The number of hydrogen-bond acceptors (Lipinski definition) is 4. The lowest BCUT2D eigenvalue weighted by molar-refractivity contribution is 0.111. The number of imidazole rings is 1. The van der Waals surface area contributed by atoms with Gasteiger partial charge in [-0.2, -0.15) is 0 Å². The molecule has 19 heavy (non-hydrogen) atoms. The van der Waals surface area contributed by atoms with Gasteiger partial charge in [-0.3, -0.25) is 9.20 Å². The van der Waals surface area contributed by atoms with Crippen LogP contribution in [0.5, 0.6) is 0 Å². The highest BCUT2D eigenvalue weighted by Crippen LogP contribution is 2.32. The Morgan fingerprint density at radius 1 is 1.37 bits per heavy atom. The molecule has 0 spiro atoms. The summed E-state index contributed by atoms with van der Waals surface area (Å²) in [6.45, 7) is 0. The summed E-state index contributed by atoms with van der Waals surface area (Å²) in [5.74, 6) is -1.30. The molecule has 0 bridgehead atoms. The van der Waals surface area contributed by atoms with Crippen molar-refractivity contribution in [3.8, 4) is 0 Å². The molecule has 0 aliphatic rings. The SMILES string of the molecule is O=Cc1c(Sc2ccc(F)cc2F)nc2sccn12. The van der Waals surface area contributed by atoms with E-state index >= 15 is 0 Å². The van der Waals surface area contributed by atoms with E-state index in [9.17, 15) is 13.6 Å². The number of aromatic nitrogens is 2. The first-order valence-corrected chi connectivity index (χ1v) is 6.92. The van der Waals surface area contributed by atoms with Gasteiger partial charge in [0.15, 0.2) is 11.2 Å². The summed E-state index contributed by atoms with van der Waals surface area (Å²) >= 11 is 2.39. The number of benzene rings is 1. The molecule has 2 aromatic heterocycles. The van der Waals surface area contributed by atoms with Crippen molar-refractivity contribution >= 4 is 34.3 Å². The van der Waals surface area contributed by atoms with Gasteiger partial charge in [-0.25, -0.2) is 13.8 Å². The molecule has 96 valence electrons. The van der Waals surface area contributed by atoms with Crippen molar-refractivity contribution < 1.29 is 13.6 Å². The molecule has 3 nitrogen and oxygen atoms in total. The van der Waals surface area contributed by atoms with Crippen LogP contribution in [0.2, 0.25) is 0 Å². The lowest BCUT2D eigenvalue weighted by Crippen LogP contribution is -1.89. The fraction of sp³-hybridized carbons (Fsp3) is 0. The number of rotatable bonds is 3. The molecule has 0 saturated heterocycles. The first kappa shape index (κ1) is 12.3. The van der Waals surface area contributed by atoms with E-state index in [-0.39, 0.29) is 4.90 Å². The second-order valence-corrected chi connectivity index (χ2v) is 5.56. The first-order valence-electron chi connectivity index (χ1n) is 5.22. The Labute approximate surface area is 114 Å². The van der Waals surface area contributed by atoms with Crippen LogP contribution in [-0.4, -0.2) is 15.7 Å². The van der Waals surface area contributed by atoms with Crippen molar-refractivity contribution in [2.24, 2.45) is 0 Å². The molecule has 0 unspecified atom stereocenters. The molecule has 0 aliphatic heterocycles. The van der Waals surface area contributed by atoms with Gasteiger partial charge in [0.2, 0.25) is 0 Å². The summed E-state index contributed by atoms with van der Waals surface area (Å²) in [7, 11) is 0. The second kappa shape index (κ2) is 4.75. The van der Waals surface area contributed by atoms with Gasteiger partial charge < -0.3 is 0 Å². The molecule has 0 aliphatic carbocycles. The predicted molar refractivity (Wildman–Crippen MR) is 68.9 cm³/mol. The van der Waals surface area contributed by atoms with Crippen LogP contribution in [-0.2, 0) is 0 Å². The van der Waals surface area contributed by atoms with Crippen molar-refractivity contribution in [1.82, 2.24) is 9.38 Å². The van der Waals surface area contributed by atoms with Gasteiger partial charge >= 0.3 is 0 Å². The highest BCUT2D eigenvalue weighted by molar-refractivity contribution is 7.99. The Morgan fingerprint density at radius 2 is 2.21 bits per heavy atom. The average Bonchev–Trinajstić information content (AvgIpc) is 2.92. The Hall–Kier alpha value is -1.73. The molecule has 1 aromatic carbocycles. The van der Waals surface area contributed by atoms with Gasteiger partial charge in [0, 0.05) is 22.5 Å². The van der Waals surface area contributed by atoms with Crippen molar-refractivity contribution in [3.63, 3.8) is 0 Å². The van der Waals surface area contributed by atoms with E-state index in [1.807, 2.05) is 5.38 Å². The molecule has 3 rings (SSSR count). The molecule has 7 heteroatoms. The van der Waals surface area contributed by atoms with Gasteiger partial charge in [-0.1, -0.05) is 11.8 Å². The summed E-state index contributed by atoms with van der Waals surface area (Å²) < 4.78 is 28.0. The standard InChI is InChI=1S/C12H6F2N2OS2/c13-7-1-2-10(8(14)5-7)19-11-9(6-17)16-3-4-18-12(16)15-11/h1-6H. The molecular weight excluding hydrogens is 290 g/mol. The van der Waals surface area contributed by atoms with Crippen LogP contribution in [0.25, 0.3) is 4.96 Å². The summed E-state index contributed by atoms with van der Waals surface area (Å²) in [4.78, 5) is 16.3. The smallest absolute Gasteiger partial charge is 0.195 e. The molecule has 0 amide bonds. The van der Waals surface area contributed by atoms with Gasteiger partial charge in [-0.05, 0) is 12.1 Å². The second-order valence-electron chi connectivity index (χ2n) is 3.65. The summed E-state index contributed by atoms with van der Waals surface area (Å²) in [5, 5.41) is 2.22. The number of nitrogens with zero attached hydrogens (tertiary/aromatic N) is 2. The fourth-order valence-corrected chi connectivity index (χ4v) is 3.29. The Bertz CT molecular complexity index is 766. The van der Waals surface area contributed by atoms with Crippen LogP contribution in [0, 0.1) is 11.6 Å². The number of carbonyl (C=O) groups is 1. The van der Waals surface area contributed by atoms with Crippen LogP contribution < -0.4 is 0 Å². The van der Waals surface area contributed by atoms with Gasteiger partial charge in [0.25, 0.3) is 0 Å². The molecule has 2 heterocycles. The van der Waals surface area contributed by atoms with E-state index < -0.39 is 11.6 Å². The van der Waals surface area contributed by atoms with E-state index in [0.717, 1.165) is 17.8 Å². The van der Waals surface area contributed by atoms with E-state index in [4.69, 9.17) is 0 Å². The topological polar surface area (TPSA) is 34.4 Å². The zero-order chi connectivity index (χ0) is 13.4. The maximum Gasteiger partial charge on any atom is 0.195 e. The third-order valence-corrected chi connectivity index (χ3v) is 4.28. The van der Waals surface area contributed by atoms with Crippen molar-refractivity contribution in [2.75, 3.05) is 0 Å². The fourth-order valence-electron chi connectivity index (χ4n) is 1.63. The number of aldehydes is 1. The lowest BCUT2D eigenvalue weighted by atomic mass is 10.3. The minimum absolute atomic E-state index is 0.232. The van der Waals surface area contributed by atoms with Gasteiger partial charge in [0.05, 0.1) is 0 Å². The Kier molecular flexibility index (Phi) is 3.08. The van der Waals surface area contributed by atoms with Crippen LogP contribution in [0.15, 0.2) is 39.7 Å². The zero-order valence-electron chi connectivity index (χ0n) is 9.34. The van der Waals surface area contributed by atoms with Crippen LogP contribution >= 0.6 is 23.1 Å². The Morgan fingerprint density at radius 3 is 2.95 bits per heavy atom. The van der Waals surface area contributed by atoms with E-state index in [0.29, 0.717) is 22.0 Å². The number of fused-ring (bicyclic) bond motifs is 1. The molecule has 0 atom stereocenters. The van der Waals surface area contributed by atoms with E-state index in [1.165, 1.54) is 23.5 Å². The van der Waals surface area contributed by atoms with E-state index in [2.05, 4.69) is 4.98 Å². The summed E-state index contributed by atoms with van der Waals surface area (Å²) in [6.07, 6.45) is 2.40. The number of thiazole rings is 1. The largest absolute Gasteiger partial charge is 0.296 e. The lowest BCUT2D eigenvalue weighted by Gasteiger charge is -2.01. The molecule has 0 saturated carbocycles. The number of hydrogen-bond donors (Lipinski definition) is 0. The van der Waals surface area contributed by atoms with Crippen molar-refractivity contribution in [1.29, 1.82) is 0 Å². The van der Waals surface area contributed by atoms with Crippen LogP contribution in [0.3, 0.4) is 0 Å².